The number of carbonyl (C=O) groups excluding carboxylic acids is 1. The van der Waals surface area contributed by atoms with Gasteiger partial charge in [-0.25, -0.2) is 4.79 Å². The minimum Gasteiger partial charge on any atom is -0.449 e. The van der Waals surface area contributed by atoms with Gasteiger partial charge in [0.1, 0.15) is 0 Å². The van der Waals surface area contributed by atoms with Crippen molar-refractivity contribution in [2.24, 2.45) is 5.41 Å². The van der Waals surface area contributed by atoms with Gasteiger partial charge in [-0.3, -0.25) is 0 Å². The highest BCUT2D eigenvalue weighted by Gasteiger charge is 2.50. The highest BCUT2D eigenvalue weighted by Crippen LogP contribution is 2.39. The minimum absolute atomic E-state index is 0.00761. The lowest BCUT2D eigenvalue weighted by atomic mass is 9.88. The molecule has 0 heterocycles. The molecule has 0 saturated heterocycles. The van der Waals surface area contributed by atoms with Crippen LogP contribution in [-0.4, -0.2) is 18.2 Å². The Hall–Kier alpha value is -1.94. The van der Waals surface area contributed by atoms with Crippen LogP contribution in [0.4, 0.5) is 39.5 Å². The van der Waals surface area contributed by atoms with Crippen molar-refractivity contribution in [3.05, 3.63) is 34.9 Å². The molecule has 0 radical (unpaired) electrons. The van der Waals surface area contributed by atoms with Gasteiger partial charge in [-0.15, -0.1) is 0 Å². The normalized spacial score (nSPS) is 14.9. The van der Waals surface area contributed by atoms with E-state index < -0.39 is 52.7 Å². The molecule has 1 rings (SSSR count). The van der Waals surface area contributed by atoms with Gasteiger partial charge in [-0.2, -0.15) is 39.5 Å². The fourth-order valence-corrected chi connectivity index (χ4v) is 1.98. The molecule has 2 nitrogen and oxygen atoms in total. The number of esters is 1. The summed E-state index contributed by atoms with van der Waals surface area (Å²) >= 11 is 0. The Morgan fingerprint density at radius 1 is 0.808 bits per heavy atom. The zero-order valence-corrected chi connectivity index (χ0v) is 13.5. The topological polar surface area (TPSA) is 26.3 Å². The molecule has 0 bridgehead atoms. The van der Waals surface area contributed by atoms with Crippen LogP contribution in [0.2, 0.25) is 0 Å². The average Bonchev–Trinajstić information content (AvgIpc) is 2.39. The predicted octanol–water partition coefficient (Wildman–Crippen LogP) is 5.86. The van der Waals surface area contributed by atoms with Crippen LogP contribution in [0.1, 0.15) is 42.3 Å². The SMILES string of the molecule is CC(C)(C)C(OC(=O)c1cc(C(F)(F)F)cc(C(F)(F)F)c1)C(F)(F)F. The van der Waals surface area contributed by atoms with Gasteiger partial charge in [-0.1, -0.05) is 20.8 Å². The summed E-state index contributed by atoms with van der Waals surface area (Å²) in [5.74, 6) is -1.95. The molecule has 0 fully saturated rings. The quantitative estimate of drug-likeness (QED) is 0.463. The molecule has 1 aromatic carbocycles. The first kappa shape index (κ1) is 22.1. The van der Waals surface area contributed by atoms with Crippen molar-refractivity contribution in [1.82, 2.24) is 0 Å². The van der Waals surface area contributed by atoms with E-state index in [1.54, 1.807) is 0 Å². The Labute approximate surface area is 141 Å². The minimum atomic E-state index is -5.25. The number of rotatable bonds is 2. The van der Waals surface area contributed by atoms with Crippen molar-refractivity contribution in [3.8, 4) is 0 Å². The van der Waals surface area contributed by atoms with Crippen molar-refractivity contribution >= 4 is 5.97 Å². The summed E-state index contributed by atoms with van der Waals surface area (Å²) in [5.41, 5.74) is -6.65. The number of alkyl halides is 9. The van der Waals surface area contributed by atoms with Gasteiger partial charge >= 0.3 is 24.5 Å². The van der Waals surface area contributed by atoms with Gasteiger partial charge in [0.05, 0.1) is 16.7 Å². The molecule has 0 aliphatic carbocycles. The van der Waals surface area contributed by atoms with E-state index in [-0.39, 0.29) is 18.2 Å². The van der Waals surface area contributed by atoms with Crippen molar-refractivity contribution < 1.29 is 49.0 Å². The third-order valence-corrected chi connectivity index (χ3v) is 3.13. The van der Waals surface area contributed by atoms with Crippen LogP contribution in [0.25, 0.3) is 0 Å². The predicted molar refractivity (Wildman–Crippen MR) is 71.2 cm³/mol. The van der Waals surface area contributed by atoms with E-state index in [1.165, 1.54) is 0 Å². The molecular formula is C15H13F9O2. The first-order valence-electron chi connectivity index (χ1n) is 6.90. The second-order valence-electron chi connectivity index (χ2n) is 6.49. The molecule has 0 aliphatic heterocycles. The van der Waals surface area contributed by atoms with Gasteiger partial charge in [0, 0.05) is 5.41 Å². The highest BCUT2D eigenvalue weighted by molar-refractivity contribution is 5.90. The Balaban J connectivity index is 3.39. The molecule has 0 spiro atoms. The number of ether oxygens (including phenoxy) is 1. The standard InChI is InChI=1S/C15H13F9O2/c1-12(2,3)11(15(22,23)24)26-10(25)7-4-8(13(16,17)18)6-9(5-7)14(19,20)21/h4-6,11H,1-3H3. The molecular weight excluding hydrogens is 383 g/mol. The molecule has 26 heavy (non-hydrogen) atoms. The Morgan fingerprint density at radius 2 is 1.19 bits per heavy atom. The lowest BCUT2D eigenvalue weighted by Gasteiger charge is -2.31. The van der Waals surface area contributed by atoms with Crippen LogP contribution < -0.4 is 0 Å². The maximum atomic E-state index is 13.0. The fourth-order valence-electron chi connectivity index (χ4n) is 1.98. The third-order valence-electron chi connectivity index (χ3n) is 3.13. The summed E-state index contributed by atoms with van der Waals surface area (Å²) in [4.78, 5) is 11.8. The van der Waals surface area contributed by atoms with Gasteiger partial charge < -0.3 is 4.74 Å². The second-order valence-corrected chi connectivity index (χ2v) is 6.49. The number of carbonyl (C=O) groups is 1. The van der Waals surface area contributed by atoms with E-state index in [9.17, 15) is 44.3 Å². The van der Waals surface area contributed by atoms with Crippen LogP contribution in [0, 0.1) is 5.41 Å². The van der Waals surface area contributed by atoms with Crippen molar-refractivity contribution in [2.75, 3.05) is 0 Å². The van der Waals surface area contributed by atoms with Crippen LogP contribution in [0.3, 0.4) is 0 Å². The summed E-state index contributed by atoms with van der Waals surface area (Å²) < 4.78 is 120. The van der Waals surface area contributed by atoms with Crippen LogP contribution in [-0.2, 0) is 17.1 Å². The van der Waals surface area contributed by atoms with Gasteiger partial charge in [0.25, 0.3) is 0 Å². The van der Waals surface area contributed by atoms with E-state index in [1.807, 2.05) is 0 Å². The molecule has 1 atom stereocenters. The Kier molecular flexibility index (Phi) is 5.66. The average molecular weight is 396 g/mol. The molecule has 0 aliphatic rings. The molecule has 0 aromatic heterocycles. The fraction of sp³-hybridized carbons (Fsp3) is 0.533. The Bertz CT molecular complexity index is 617. The number of halogens is 9. The summed E-state index contributed by atoms with van der Waals surface area (Å²) in [6.07, 6.45) is -18.3. The number of hydrogen-bond donors (Lipinski definition) is 0. The summed E-state index contributed by atoms with van der Waals surface area (Å²) in [6, 6.07) is -0.233. The first-order valence-corrected chi connectivity index (χ1v) is 6.90. The van der Waals surface area contributed by atoms with Crippen molar-refractivity contribution in [3.63, 3.8) is 0 Å². The monoisotopic (exact) mass is 396 g/mol. The van der Waals surface area contributed by atoms with E-state index in [0.717, 1.165) is 20.8 Å². The molecule has 0 saturated carbocycles. The first-order chi connectivity index (χ1) is 11.3. The van der Waals surface area contributed by atoms with Crippen molar-refractivity contribution in [2.45, 2.75) is 45.4 Å². The summed E-state index contributed by atoms with van der Waals surface area (Å²) in [5, 5.41) is 0. The zero-order valence-electron chi connectivity index (χ0n) is 13.5. The smallest absolute Gasteiger partial charge is 0.426 e. The summed E-state index contributed by atoms with van der Waals surface area (Å²) in [7, 11) is 0. The molecule has 1 unspecified atom stereocenters. The third kappa shape index (κ3) is 5.53. The maximum absolute atomic E-state index is 13.0. The molecule has 0 N–H and O–H groups in total. The Morgan fingerprint density at radius 3 is 1.46 bits per heavy atom. The lowest BCUT2D eigenvalue weighted by molar-refractivity contribution is -0.231. The largest absolute Gasteiger partial charge is 0.449 e. The van der Waals surface area contributed by atoms with Gasteiger partial charge in [0.15, 0.2) is 0 Å². The van der Waals surface area contributed by atoms with Gasteiger partial charge in [-0.05, 0) is 18.2 Å². The molecule has 148 valence electrons. The zero-order chi connectivity index (χ0) is 20.7. The van der Waals surface area contributed by atoms with E-state index in [0.29, 0.717) is 0 Å². The van der Waals surface area contributed by atoms with Crippen molar-refractivity contribution in [1.29, 1.82) is 0 Å². The van der Waals surface area contributed by atoms with Crippen LogP contribution >= 0.6 is 0 Å². The van der Waals surface area contributed by atoms with Gasteiger partial charge in [0.2, 0.25) is 6.10 Å². The number of hydrogen-bond acceptors (Lipinski definition) is 2. The lowest BCUT2D eigenvalue weighted by Crippen LogP contribution is -2.43. The highest BCUT2D eigenvalue weighted by atomic mass is 19.4. The maximum Gasteiger partial charge on any atom is 0.426 e. The van der Waals surface area contributed by atoms with Crippen LogP contribution in [0.15, 0.2) is 18.2 Å². The van der Waals surface area contributed by atoms with E-state index in [2.05, 4.69) is 4.74 Å². The number of benzene rings is 1. The molecule has 11 heteroatoms. The molecule has 1 aromatic rings. The van der Waals surface area contributed by atoms with Crippen LogP contribution in [0.5, 0.6) is 0 Å². The molecule has 0 amide bonds. The van der Waals surface area contributed by atoms with E-state index >= 15 is 0 Å². The second kappa shape index (κ2) is 6.66. The van der Waals surface area contributed by atoms with E-state index in [4.69, 9.17) is 0 Å². The summed E-state index contributed by atoms with van der Waals surface area (Å²) in [6.45, 7) is 3.14.